The summed E-state index contributed by atoms with van der Waals surface area (Å²) in [5, 5.41) is 0. The molecule has 1 saturated heterocycles. The third-order valence-electron chi connectivity index (χ3n) is 5.94. The molecule has 1 atom stereocenters. The first-order valence-electron chi connectivity index (χ1n) is 10.7. The van der Waals surface area contributed by atoms with Gasteiger partial charge >= 0.3 is 0 Å². The van der Waals surface area contributed by atoms with Crippen LogP contribution in [0.15, 0.2) is 49.1 Å². The molecular formula is C23H28N4O3. The van der Waals surface area contributed by atoms with Crippen molar-refractivity contribution in [1.82, 2.24) is 19.8 Å². The normalized spacial score (nSPS) is 20.8. The standard InChI is InChI=1S/C23H28N4O3/c28-22-16-26(23(29)19-8-12-25-13-9-19)14-21(30-17-18-6-10-24-11-7-18)15-27(22)20-4-2-1-3-5-20/h6-13,20-21H,1-5,14-17H2/t21-/m1/s1. The number of carbonyl (C=O) groups excluding carboxylic acids is 2. The van der Waals surface area contributed by atoms with Crippen LogP contribution in [0.4, 0.5) is 0 Å². The molecule has 2 amide bonds. The van der Waals surface area contributed by atoms with Crippen molar-refractivity contribution < 1.29 is 14.3 Å². The topological polar surface area (TPSA) is 75.6 Å². The number of nitrogens with zero attached hydrogens (tertiary/aromatic N) is 4. The first-order valence-corrected chi connectivity index (χ1v) is 10.7. The molecule has 2 aromatic heterocycles. The molecule has 7 nitrogen and oxygen atoms in total. The zero-order valence-electron chi connectivity index (χ0n) is 17.2. The SMILES string of the molecule is O=C(c1ccncc1)N1CC(=O)N(C2CCCCC2)C[C@H](OCc2ccncc2)C1. The van der Waals surface area contributed by atoms with Crippen LogP contribution in [0.3, 0.4) is 0 Å². The molecule has 0 N–H and O–H groups in total. The molecule has 2 fully saturated rings. The van der Waals surface area contributed by atoms with Gasteiger partial charge in [-0.2, -0.15) is 0 Å². The van der Waals surface area contributed by atoms with Crippen molar-refractivity contribution in [3.63, 3.8) is 0 Å². The molecule has 2 aromatic rings. The summed E-state index contributed by atoms with van der Waals surface area (Å²) in [4.78, 5) is 37.8. The molecule has 0 radical (unpaired) electrons. The number of aromatic nitrogens is 2. The smallest absolute Gasteiger partial charge is 0.254 e. The highest BCUT2D eigenvalue weighted by Gasteiger charge is 2.35. The number of hydrogen-bond acceptors (Lipinski definition) is 5. The molecule has 0 bridgehead atoms. The molecule has 0 unspecified atom stereocenters. The molecule has 1 aliphatic carbocycles. The summed E-state index contributed by atoms with van der Waals surface area (Å²) >= 11 is 0. The number of amides is 2. The fourth-order valence-electron chi connectivity index (χ4n) is 4.32. The summed E-state index contributed by atoms with van der Waals surface area (Å²) in [7, 11) is 0. The van der Waals surface area contributed by atoms with Gasteiger partial charge in [-0.3, -0.25) is 19.6 Å². The van der Waals surface area contributed by atoms with Crippen LogP contribution in [0.2, 0.25) is 0 Å². The number of carbonyl (C=O) groups is 2. The Kier molecular flexibility index (Phi) is 6.69. The zero-order valence-corrected chi connectivity index (χ0v) is 17.2. The third-order valence-corrected chi connectivity index (χ3v) is 5.94. The van der Waals surface area contributed by atoms with Gasteiger partial charge in [0.25, 0.3) is 5.91 Å². The van der Waals surface area contributed by atoms with Crippen molar-refractivity contribution in [2.75, 3.05) is 19.6 Å². The Balaban J connectivity index is 1.52. The zero-order chi connectivity index (χ0) is 20.8. The van der Waals surface area contributed by atoms with Gasteiger partial charge in [0.15, 0.2) is 0 Å². The van der Waals surface area contributed by atoms with Gasteiger partial charge < -0.3 is 14.5 Å². The Hall–Kier alpha value is -2.80. The lowest BCUT2D eigenvalue weighted by atomic mass is 9.94. The van der Waals surface area contributed by atoms with Gasteiger partial charge in [-0.25, -0.2) is 0 Å². The number of ether oxygens (including phenoxy) is 1. The lowest BCUT2D eigenvalue weighted by Crippen LogP contribution is -2.46. The van der Waals surface area contributed by atoms with Gasteiger partial charge in [0.2, 0.25) is 5.91 Å². The number of hydrogen-bond donors (Lipinski definition) is 0. The maximum absolute atomic E-state index is 13.1. The van der Waals surface area contributed by atoms with Crippen LogP contribution in [0.5, 0.6) is 0 Å². The van der Waals surface area contributed by atoms with Crippen molar-refractivity contribution in [2.45, 2.75) is 50.9 Å². The Morgan fingerprint density at radius 1 is 0.967 bits per heavy atom. The Morgan fingerprint density at radius 3 is 2.33 bits per heavy atom. The Bertz CT molecular complexity index is 840. The summed E-state index contributed by atoms with van der Waals surface area (Å²) in [6.07, 6.45) is 12.0. The first kappa shape index (κ1) is 20.5. The minimum Gasteiger partial charge on any atom is -0.370 e. The van der Waals surface area contributed by atoms with Crippen LogP contribution in [0.25, 0.3) is 0 Å². The van der Waals surface area contributed by atoms with E-state index in [1.165, 1.54) is 6.42 Å². The van der Waals surface area contributed by atoms with E-state index in [1.807, 2.05) is 17.0 Å². The van der Waals surface area contributed by atoms with E-state index in [4.69, 9.17) is 4.74 Å². The summed E-state index contributed by atoms with van der Waals surface area (Å²) in [6, 6.07) is 7.45. The van der Waals surface area contributed by atoms with Gasteiger partial charge in [0, 0.05) is 49.5 Å². The quantitative estimate of drug-likeness (QED) is 0.760. The van der Waals surface area contributed by atoms with E-state index in [2.05, 4.69) is 9.97 Å². The Morgan fingerprint density at radius 2 is 1.63 bits per heavy atom. The molecule has 3 heterocycles. The fraction of sp³-hybridized carbons (Fsp3) is 0.478. The molecule has 4 rings (SSSR count). The average Bonchev–Trinajstić information content (AvgIpc) is 2.98. The highest BCUT2D eigenvalue weighted by molar-refractivity contribution is 5.96. The summed E-state index contributed by atoms with van der Waals surface area (Å²) in [5.41, 5.74) is 1.56. The minimum absolute atomic E-state index is 0.0133. The van der Waals surface area contributed by atoms with Crippen molar-refractivity contribution in [1.29, 1.82) is 0 Å². The molecule has 0 spiro atoms. The summed E-state index contributed by atoms with van der Waals surface area (Å²) < 4.78 is 6.21. The van der Waals surface area contributed by atoms with E-state index in [1.54, 1.807) is 41.8 Å². The highest BCUT2D eigenvalue weighted by atomic mass is 16.5. The van der Waals surface area contributed by atoms with Crippen LogP contribution in [-0.4, -0.2) is 63.4 Å². The molecule has 30 heavy (non-hydrogen) atoms. The second-order valence-corrected chi connectivity index (χ2v) is 8.05. The van der Waals surface area contributed by atoms with Crippen molar-refractivity contribution in [3.05, 3.63) is 60.2 Å². The van der Waals surface area contributed by atoms with Gasteiger partial charge in [-0.1, -0.05) is 19.3 Å². The molecular weight excluding hydrogens is 380 g/mol. The second kappa shape index (κ2) is 9.80. The maximum atomic E-state index is 13.1. The van der Waals surface area contributed by atoms with E-state index >= 15 is 0 Å². The highest BCUT2D eigenvalue weighted by Crippen LogP contribution is 2.25. The second-order valence-electron chi connectivity index (χ2n) is 8.05. The monoisotopic (exact) mass is 408 g/mol. The Labute approximate surface area is 177 Å². The van der Waals surface area contributed by atoms with E-state index in [9.17, 15) is 9.59 Å². The predicted molar refractivity (Wildman–Crippen MR) is 112 cm³/mol. The lowest BCUT2D eigenvalue weighted by molar-refractivity contribution is -0.134. The van der Waals surface area contributed by atoms with Gasteiger partial charge in [-0.15, -0.1) is 0 Å². The first-order chi connectivity index (χ1) is 14.7. The van der Waals surface area contributed by atoms with Gasteiger partial charge in [0.1, 0.15) is 6.54 Å². The lowest BCUT2D eigenvalue weighted by Gasteiger charge is -2.34. The number of rotatable bonds is 5. The third kappa shape index (κ3) is 5.02. The molecule has 1 aliphatic heterocycles. The predicted octanol–water partition coefficient (Wildman–Crippen LogP) is 2.68. The molecule has 2 aliphatic rings. The van der Waals surface area contributed by atoms with Crippen molar-refractivity contribution >= 4 is 11.8 Å². The van der Waals surface area contributed by atoms with E-state index < -0.39 is 0 Å². The van der Waals surface area contributed by atoms with E-state index in [0.29, 0.717) is 25.3 Å². The molecule has 158 valence electrons. The largest absolute Gasteiger partial charge is 0.370 e. The number of pyridine rings is 2. The molecule has 1 saturated carbocycles. The maximum Gasteiger partial charge on any atom is 0.254 e. The van der Waals surface area contributed by atoms with Crippen LogP contribution in [0.1, 0.15) is 48.0 Å². The average molecular weight is 409 g/mol. The molecule has 0 aromatic carbocycles. The summed E-state index contributed by atoms with van der Waals surface area (Å²) in [6.45, 7) is 1.43. The van der Waals surface area contributed by atoms with E-state index in [-0.39, 0.29) is 30.5 Å². The molecule has 7 heteroatoms. The van der Waals surface area contributed by atoms with Crippen LogP contribution in [-0.2, 0) is 16.1 Å². The van der Waals surface area contributed by atoms with Crippen LogP contribution < -0.4 is 0 Å². The van der Waals surface area contributed by atoms with E-state index in [0.717, 1.165) is 31.2 Å². The van der Waals surface area contributed by atoms with Crippen LogP contribution >= 0.6 is 0 Å². The van der Waals surface area contributed by atoms with Crippen LogP contribution in [0, 0.1) is 0 Å². The fourth-order valence-corrected chi connectivity index (χ4v) is 4.32. The van der Waals surface area contributed by atoms with Gasteiger partial charge in [0.05, 0.1) is 12.7 Å². The minimum atomic E-state index is -0.239. The summed E-state index contributed by atoms with van der Waals surface area (Å²) in [5.74, 6) is -0.145. The van der Waals surface area contributed by atoms with Gasteiger partial charge in [-0.05, 0) is 42.7 Å². The van der Waals surface area contributed by atoms with Crippen molar-refractivity contribution in [2.24, 2.45) is 0 Å². The van der Waals surface area contributed by atoms with Crippen molar-refractivity contribution in [3.8, 4) is 0 Å².